The highest BCUT2D eigenvalue weighted by molar-refractivity contribution is 5.80. The fourth-order valence-corrected chi connectivity index (χ4v) is 4.51. The van der Waals surface area contributed by atoms with E-state index in [9.17, 15) is 4.79 Å². The lowest BCUT2D eigenvalue weighted by Crippen LogP contribution is -2.54. The number of nitrogens with zero attached hydrogens (tertiary/aromatic N) is 1. The Labute approximate surface area is 145 Å². The third-order valence-electron chi connectivity index (χ3n) is 5.71. The molecule has 0 bridgehead atoms. The number of fused-ring (bicyclic) bond motifs is 1. The number of hydrogen-bond acceptors (Lipinski definition) is 3. The van der Waals surface area contributed by atoms with E-state index in [2.05, 4.69) is 61.3 Å². The van der Waals surface area contributed by atoms with E-state index >= 15 is 0 Å². The summed E-state index contributed by atoms with van der Waals surface area (Å²) in [5.41, 5.74) is 6.89. The molecule has 1 aromatic rings. The molecule has 1 heterocycles. The smallest absolute Gasteiger partial charge is 0.235 e. The Morgan fingerprint density at radius 2 is 1.96 bits per heavy atom. The van der Waals surface area contributed by atoms with Crippen molar-refractivity contribution in [1.29, 1.82) is 0 Å². The number of carbonyl (C=O) groups is 1. The van der Waals surface area contributed by atoms with E-state index in [1.807, 2.05) is 0 Å². The summed E-state index contributed by atoms with van der Waals surface area (Å²) in [7, 11) is 0. The first-order valence-corrected chi connectivity index (χ1v) is 9.16. The Morgan fingerprint density at radius 3 is 2.58 bits per heavy atom. The van der Waals surface area contributed by atoms with Gasteiger partial charge in [-0.25, -0.2) is 0 Å². The molecular formula is C20H31N3O. The maximum absolute atomic E-state index is 11.9. The van der Waals surface area contributed by atoms with Crippen molar-refractivity contribution in [3.63, 3.8) is 0 Å². The van der Waals surface area contributed by atoms with Crippen LogP contribution >= 0.6 is 0 Å². The van der Waals surface area contributed by atoms with Crippen LogP contribution in [0.3, 0.4) is 0 Å². The van der Waals surface area contributed by atoms with Crippen LogP contribution in [0.5, 0.6) is 0 Å². The third-order valence-corrected chi connectivity index (χ3v) is 5.71. The van der Waals surface area contributed by atoms with E-state index < -0.39 is 0 Å². The molecule has 0 radical (unpaired) electrons. The highest BCUT2D eigenvalue weighted by Gasteiger charge is 2.44. The zero-order valence-electron chi connectivity index (χ0n) is 15.2. The highest BCUT2D eigenvalue weighted by Crippen LogP contribution is 2.39. The van der Waals surface area contributed by atoms with Crippen LogP contribution in [0.15, 0.2) is 30.3 Å². The summed E-state index contributed by atoms with van der Waals surface area (Å²) in [6.07, 6.45) is 2.41. The van der Waals surface area contributed by atoms with Crippen LogP contribution in [0.4, 0.5) is 0 Å². The lowest BCUT2D eigenvalue weighted by molar-refractivity contribution is -0.122. The number of primary amides is 1. The first-order valence-electron chi connectivity index (χ1n) is 9.16. The van der Waals surface area contributed by atoms with Gasteiger partial charge < -0.3 is 11.1 Å². The quantitative estimate of drug-likeness (QED) is 0.872. The van der Waals surface area contributed by atoms with Gasteiger partial charge in [0.25, 0.3) is 0 Å². The molecule has 1 saturated heterocycles. The van der Waals surface area contributed by atoms with E-state index in [4.69, 9.17) is 5.73 Å². The minimum Gasteiger partial charge on any atom is -0.368 e. The van der Waals surface area contributed by atoms with Crippen LogP contribution in [0.1, 0.15) is 39.2 Å². The van der Waals surface area contributed by atoms with Crippen LogP contribution in [0.25, 0.3) is 0 Å². The summed E-state index contributed by atoms with van der Waals surface area (Å²) < 4.78 is 0. The van der Waals surface area contributed by atoms with E-state index in [-0.39, 0.29) is 17.4 Å². The molecule has 2 aliphatic rings. The Balaban J connectivity index is 1.62. The van der Waals surface area contributed by atoms with Gasteiger partial charge in [-0.3, -0.25) is 9.69 Å². The molecule has 0 aromatic heterocycles. The maximum atomic E-state index is 11.9. The van der Waals surface area contributed by atoms with Crippen molar-refractivity contribution >= 4 is 5.91 Å². The van der Waals surface area contributed by atoms with Gasteiger partial charge in [-0.2, -0.15) is 0 Å². The van der Waals surface area contributed by atoms with Gasteiger partial charge in [0.05, 0.1) is 6.04 Å². The predicted molar refractivity (Wildman–Crippen MR) is 97.3 cm³/mol. The average Bonchev–Trinajstić information content (AvgIpc) is 3.04. The molecule has 1 aromatic carbocycles. The standard InChI is InChI=1S/C20H31N3O/c1-20(2,3)18(19(21)24)22-17-10-9-15-12-23(13-16(15)17)11-14-7-5-4-6-8-14/h4-8,15-18,22H,9-13H2,1-3H3,(H2,21,24)/t15-,16+,17+,18-/m1/s1. The van der Waals surface area contributed by atoms with E-state index in [0.29, 0.717) is 12.0 Å². The monoisotopic (exact) mass is 329 g/mol. The second-order valence-electron chi connectivity index (χ2n) is 8.66. The van der Waals surface area contributed by atoms with Crippen LogP contribution in [-0.4, -0.2) is 36.0 Å². The Kier molecular flexibility index (Phi) is 4.97. The molecule has 1 amide bonds. The van der Waals surface area contributed by atoms with Crippen LogP contribution in [-0.2, 0) is 11.3 Å². The van der Waals surface area contributed by atoms with Crippen molar-refractivity contribution in [3.8, 4) is 0 Å². The molecule has 1 aliphatic heterocycles. The SMILES string of the molecule is CC(C)(C)[C@H](N[C@H]1CC[C@@H]2CN(Cc3ccccc3)C[C@@H]21)C(N)=O. The second kappa shape index (κ2) is 6.85. The summed E-state index contributed by atoms with van der Waals surface area (Å²) in [6.45, 7) is 9.56. The van der Waals surface area contributed by atoms with Crippen LogP contribution < -0.4 is 11.1 Å². The second-order valence-corrected chi connectivity index (χ2v) is 8.66. The number of nitrogens with two attached hydrogens (primary N) is 1. The predicted octanol–water partition coefficient (Wildman–Crippen LogP) is 2.39. The van der Waals surface area contributed by atoms with Crippen LogP contribution in [0, 0.1) is 17.3 Å². The maximum Gasteiger partial charge on any atom is 0.235 e. The summed E-state index contributed by atoms with van der Waals surface area (Å²) in [5, 5.41) is 3.61. The molecule has 4 atom stereocenters. The molecule has 2 fully saturated rings. The summed E-state index contributed by atoms with van der Waals surface area (Å²) >= 11 is 0. The summed E-state index contributed by atoms with van der Waals surface area (Å²) in [6, 6.07) is 10.8. The van der Waals surface area contributed by atoms with E-state index in [1.54, 1.807) is 0 Å². The molecule has 4 nitrogen and oxygen atoms in total. The number of amides is 1. The zero-order chi connectivity index (χ0) is 17.3. The van der Waals surface area contributed by atoms with E-state index in [0.717, 1.165) is 25.4 Å². The molecule has 0 unspecified atom stereocenters. The topological polar surface area (TPSA) is 58.4 Å². The molecule has 3 rings (SSSR count). The minimum atomic E-state index is -0.260. The van der Waals surface area contributed by atoms with Crippen molar-refractivity contribution in [2.75, 3.05) is 13.1 Å². The number of rotatable bonds is 5. The number of benzene rings is 1. The molecule has 1 saturated carbocycles. The van der Waals surface area contributed by atoms with Gasteiger partial charge in [-0.15, -0.1) is 0 Å². The molecule has 1 aliphatic carbocycles. The number of carbonyl (C=O) groups excluding carboxylic acids is 1. The third kappa shape index (κ3) is 3.81. The van der Waals surface area contributed by atoms with Crippen molar-refractivity contribution in [2.45, 2.75) is 52.2 Å². The van der Waals surface area contributed by atoms with Crippen LogP contribution in [0.2, 0.25) is 0 Å². The fourth-order valence-electron chi connectivity index (χ4n) is 4.51. The minimum absolute atomic E-state index is 0.147. The Morgan fingerprint density at radius 1 is 1.25 bits per heavy atom. The van der Waals surface area contributed by atoms with Gasteiger partial charge in [0.1, 0.15) is 0 Å². The average molecular weight is 329 g/mol. The number of hydrogen-bond donors (Lipinski definition) is 2. The normalized spacial score (nSPS) is 28.7. The van der Waals surface area contributed by atoms with Crippen molar-refractivity contribution in [3.05, 3.63) is 35.9 Å². The van der Waals surface area contributed by atoms with Crippen molar-refractivity contribution in [2.24, 2.45) is 23.0 Å². The zero-order valence-corrected chi connectivity index (χ0v) is 15.2. The molecule has 3 N–H and O–H groups in total. The van der Waals surface area contributed by atoms with E-state index in [1.165, 1.54) is 18.5 Å². The number of nitrogens with one attached hydrogen (secondary N) is 1. The Hall–Kier alpha value is -1.39. The van der Waals surface area contributed by atoms with Gasteiger partial charge in [0.15, 0.2) is 0 Å². The number of likely N-dealkylation sites (tertiary alicyclic amines) is 1. The highest BCUT2D eigenvalue weighted by atomic mass is 16.1. The van der Waals surface area contributed by atoms with Gasteiger partial charge in [0.2, 0.25) is 5.91 Å². The van der Waals surface area contributed by atoms with Crippen molar-refractivity contribution in [1.82, 2.24) is 10.2 Å². The molecular weight excluding hydrogens is 298 g/mol. The summed E-state index contributed by atoms with van der Waals surface area (Å²) in [5.74, 6) is 1.16. The lowest BCUT2D eigenvalue weighted by Gasteiger charge is -2.33. The Bertz CT molecular complexity index is 566. The lowest BCUT2D eigenvalue weighted by atomic mass is 9.85. The first-order chi connectivity index (χ1) is 11.3. The fraction of sp³-hybridized carbons (Fsp3) is 0.650. The molecule has 4 heteroatoms. The molecule has 24 heavy (non-hydrogen) atoms. The van der Waals surface area contributed by atoms with Gasteiger partial charge in [-0.1, -0.05) is 51.1 Å². The molecule has 132 valence electrons. The first kappa shape index (κ1) is 17.4. The van der Waals surface area contributed by atoms with Gasteiger partial charge in [0, 0.05) is 25.7 Å². The largest absolute Gasteiger partial charge is 0.368 e. The van der Waals surface area contributed by atoms with Gasteiger partial charge >= 0.3 is 0 Å². The molecule has 0 spiro atoms. The van der Waals surface area contributed by atoms with Gasteiger partial charge in [-0.05, 0) is 35.7 Å². The summed E-state index contributed by atoms with van der Waals surface area (Å²) in [4.78, 5) is 14.4. The van der Waals surface area contributed by atoms with Crippen molar-refractivity contribution < 1.29 is 4.79 Å².